The summed E-state index contributed by atoms with van der Waals surface area (Å²) in [6.07, 6.45) is 14.7. The quantitative estimate of drug-likeness (QED) is 0.108. The minimum Gasteiger partial charge on any atom is -0.476 e. The summed E-state index contributed by atoms with van der Waals surface area (Å²) in [5, 5.41) is 5.00. The molecule has 0 aromatic heterocycles. The van der Waals surface area contributed by atoms with Crippen LogP contribution in [-0.4, -0.2) is 71.3 Å². The number of nitrogens with zero attached hydrogens (tertiary/aromatic N) is 4. The second kappa shape index (κ2) is 15.6. The van der Waals surface area contributed by atoms with Gasteiger partial charge in [-0.25, -0.2) is 4.99 Å². The monoisotopic (exact) mass is 708 g/mol. The zero-order chi connectivity index (χ0) is 36.4. The van der Waals surface area contributed by atoms with E-state index in [0.29, 0.717) is 29.8 Å². The lowest BCUT2D eigenvalue weighted by atomic mass is 9.89. The van der Waals surface area contributed by atoms with Gasteiger partial charge in [-0.2, -0.15) is 0 Å². The van der Waals surface area contributed by atoms with Crippen molar-refractivity contribution >= 4 is 33.8 Å². The van der Waals surface area contributed by atoms with Crippen LogP contribution in [0.5, 0.6) is 0 Å². The molecule has 0 bridgehead atoms. The number of amidine groups is 1. The van der Waals surface area contributed by atoms with Crippen LogP contribution in [0.2, 0.25) is 0 Å². The Morgan fingerprint density at radius 1 is 1.16 bits per heavy atom. The number of ether oxygens (including phenoxy) is 1. The number of fused-ring (bicyclic) bond motifs is 1. The van der Waals surface area contributed by atoms with Crippen molar-refractivity contribution in [3.8, 4) is 0 Å². The van der Waals surface area contributed by atoms with Gasteiger partial charge in [0.15, 0.2) is 0 Å². The summed E-state index contributed by atoms with van der Waals surface area (Å²) in [6.45, 7) is 10.6. The highest BCUT2D eigenvalue weighted by atomic mass is 32.2. The van der Waals surface area contributed by atoms with Crippen molar-refractivity contribution in [1.29, 1.82) is 0 Å². The van der Waals surface area contributed by atoms with Crippen LogP contribution in [0.4, 0.5) is 0 Å². The minimum atomic E-state index is -0.195. The van der Waals surface area contributed by atoms with Gasteiger partial charge in [-0.1, -0.05) is 68.0 Å². The molecule has 4 aliphatic rings. The van der Waals surface area contributed by atoms with Gasteiger partial charge in [0.05, 0.1) is 34.4 Å². The number of benzene rings is 2. The highest BCUT2D eigenvalue weighted by molar-refractivity contribution is 8.16. The zero-order valence-corrected chi connectivity index (χ0v) is 32.3. The zero-order valence-electron chi connectivity index (χ0n) is 31.5. The first-order valence-corrected chi connectivity index (χ1v) is 20.3. The number of aliphatic imine (C=N–C) groups is 2. The van der Waals surface area contributed by atoms with Crippen LogP contribution in [0.25, 0.3) is 0 Å². The van der Waals surface area contributed by atoms with Crippen LogP contribution in [0.3, 0.4) is 0 Å². The Bertz CT molecular complexity index is 1800. The number of amides is 1. The van der Waals surface area contributed by atoms with E-state index >= 15 is 0 Å². The lowest BCUT2D eigenvalue weighted by Gasteiger charge is -2.42. The van der Waals surface area contributed by atoms with Crippen molar-refractivity contribution in [3.05, 3.63) is 105 Å². The van der Waals surface area contributed by atoms with E-state index in [9.17, 15) is 4.79 Å². The van der Waals surface area contributed by atoms with Gasteiger partial charge in [-0.05, 0) is 106 Å². The largest absolute Gasteiger partial charge is 0.476 e. The average molecular weight is 709 g/mol. The minimum absolute atomic E-state index is 0.0249. The molecular formula is C42H56N6O2S. The second-order valence-electron chi connectivity index (χ2n) is 15.1. The third-order valence-corrected chi connectivity index (χ3v) is 12.0. The molecule has 8 nitrogen and oxygen atoms in total. The molecule has 0 radical (unpaired) electrons. The molecule has 2 aromatic rings. The molecule has 9 heteroatoms. The molecule has 0 spiro atoms. The first-order valence-electron chi connectivity index (χ1n) is 18.5. The van der Waals surface area contributed by atoms with E-state index < -0.39 is 0 Å². The average Bonchev–Trinajstić information content (AvgIpc) is 3.87. The number of likely N-dealkylation sites (tertiary alicyclic amines) is 1. The molecule has 51 heavy (non-hydrogen) atoms. The van der Waals surface area contributed by atoms with Crippen molar-refractivity contribution in [3.63, 3.8) is 0 Å². The van der Waals surface area contributed by atoms with E-state index in [-0.39, 0.29) is 46.5 Å². The van der Waals surface area contributed by atoms with Crippen molar-refractivity contribution in [2.24, 2.45) is 27.6 Å². The molecule has 1 aliphatic carbocycles. The molecule has 6 rings (SSSR count). The molecule has 1 amide bonds. The third-order valence-electron chi connectivity index (χ3n) is 10.9. The summed E-state index contributed by atoms with van der Waals surface area (Å²) < 4.78 is 6.76. The van der Waals surface area contributed by atoms with E-state index in [0.717, 1.165) is 42.7 Å². The van der Waals surface area contributed by atoms with E-state index in [1.54, 1.807) is 6.92 Å². The third kappa shape index (κ3) is 8.35. The second-order valence-corrected chi connectivity index (χ2v) is 16.8. The van der Waals surface area contributed by atoms with Gasteiger partial charge in [0.1, 0.15) is 12.8 Å². The van der Waals surface area contributed by atoms with Crippen LogP contribution in [0.15, 0.2) is 87.4 Å². The summed E-state index contributed by atoms with van der Waals surface area (Å²) in [4.78, 5) is 29.0. The Morgan fingerprint density at radius 2 is 1.88 bits per heavy atom. The van der Waals surface area contributed by atoms with E-state index in [1.807, 2.05) is 37.4 Å². The number of carbonyl (C=O) groups is 1. The van der Waals surface area contributed by atoms with Gasteiger partial charge < -0.3 is 25.6 Å². The summed E-state index contributed by atoms with van der Waals surface area (Å²) in [5.41, 5.74) is 13.6. The number of allylic oxidation sites excluding steroid dienone is 1. The van der Waals surface area contributed by atoms with E-state index in [4.69, 9.17) is 20.5 Å². The standard InChI is InChI=1S/C42H56N6O2S/c1-26-12-9-16-33(20-26)42(49)48-36(35-24-44-34-23-39(51(7)8)47(6)41(34)46-35)17-11-15-32(22-31-18-19-31)37(48)25-50-38(45-30(5)43)21-29(4)40-27(2)13-10-14-28(40)3/h9-10,12-14,16,20-21,23-24,29,31-32,36-37,41,46H,7,11,15,17-19,22,25H2,1-6,8H3,(H2,43,45)/b38-21+/t29?,32?,36-,37-,41?,51?/m0/s1. The Kier molecular flexibility index (Phi) is 11.2. The van der Waals surface area contributed by atoms with E-state index in [2.05, 4.69) is 85.4 Å². The fourth-order valence-corrected chi connectivity index (χ4v) is 9.16. The van der Waals surface area contributed by atoms with Crippen LogP contribution >= 0.6 is 10.5 Å². The molecule has 1 saturated carbocycles. The summed E-state index contributed by atoms with van der Waals surface area (Å²) in [6, 6.07) is 14.0. The molecule has 3 N–H and O–H groups in total. The number of nitrogens with one attached hydrogen (secondary N) is 1. The highest BCUT2D eigenvalue weighted by Gasteiger charge is 2.44. The first kappa shape index (κ1) is 36.7. The molecule has 3 aliphatic heterocycles. The number of hydrogen-bond donors (Lipinski definition) is 2. The number of carbonyl (C=O) groups excluding carboxylic acids is 1. The molecule has 2 aromatic carbocycles. The maximum Gasteiger partial charge on any atom is 0.254 e. The summed E-state index contributed by atoms with van der Waals surface area (Å²) >= 11 is 0. The van der Waals surface area contributed by atoms with Gasteiger partial charge in [0, 0.05) is 24.7 Å². The molecule has 6 atom stereocenters. The van der Waals surface area contributed by atoms with Crippen LogP contribution in [0, 0.1) is 32.6 Å². The molecular weight excluding hydrogens is 653 g/mol. The van der Waals surface area contributed by atoms with Crippen LogP contribution in [-0.2, 0) is 4.74 Å². The van der Waals surface area contributed by atoms with Gasteiger partial charge in [-0.15, -0.1) is 10.5 Å². The summed E-state index contributed by atoms with van der Waals surface area (Å²) in [7, 11) is 1.95. The number of nitrogens with two attached hydrogens (primary N) is 1. The van der Waals surface area contributed by atoms with Gasteiger partial charge in [-0.3, -0.25) is 9.79 Å². The lowest BCUT2D eigenvalue weighted by molar-refractivity contribution is 0.0312. The Hall–Kier alpha value is -4.11. The maximum absolute atomic E-state index is 15.0. The fourth-order valence-electron chi connectivity index (χ4n) is 8.25. The van der Waals surface area contributed by atoms with E-state index in [1.165, 1.54) is 34.6 Å². The lowest BCUT2D eigenvalue weighted by Crippen LogP contribution is -2.56. The van der Waals surface area contributed by atoms with Crippen molar-refractivity contribution in [2.45, 2.75) is 97.3 Å². The fraction of sp³-hybridized carbons (Fsp3) is 0.476. The SMILES string of the molecule is C=S(C)C1=CC2=NC=C([C@@H]3CCCC(CC4CC4)[C@H](COC(=C/C(C)c4c(C)cccc4C)/N=C(\C)N)N3C(=O)c3cccc(C)c3)NC2N1C. The number of hydrogen-bond acceptors (Lipinski definition) is 6. The van der Waals surface area contributed by atoms with Gasteiger partial charge in [0.2, 0.25) is 5.88 Å². The molecule has 2 fully saturated rings. The topological polar surface area (TPSA) is 95.5 Å². The molecule has 272 valence electrons. The predicted molar refractivity (Wildman–Crippen MR) is 214 cm³/mol. The van der Waals surface area contributed by atoms with Crippen molar-refractivity contribution < 1.29 is 9.53 Å². The van der Waals surface area contributed by atoms with Crippen molar-refractivity contribution in [1.82, 2.24) is 15.1 Å². The highest BCUT2D eigenvalue weighted by Crippen LogP contribution is 2.42. The Morgan fingerprint density at radius 3 is 2.55 bits per heavy atom. The molecule has 1 saturated heterocycles. The summed E-state index contributed by atoms with van der Waals surface area (Å²) in [5.74, 6) is 6.31. The van der Waals surface area contributed by atoms with Crippen LogP contribution in [0.1, 0.15) is 90.9 Å². The normalized spacial score (nSPS) is 25.2. The maximum atomic E-state index is 15.0. The Labute approximate surface area is 307 Å². The van der Waals surface area contributed by atoms with Gasteiger partial charge >= 0.3 is 0 Å². The van der Waals surface area contributed by atoms with Crippen molar-refractivity contribution in [2.75, 3.05) is 19.9 Å². The smallest absolute Gasteiger partial charge is 0.254 e. The Balaban J connectivity index is 1.39. The molecule has 3 heterocycles. The number of rotatable bonds is 11. The number of aryl methyl sites for hydroxylation is 3. The van der Waals surface area contributed by atoms with Crippen LogP contribution < -0.4 is 11.1 Å². The molecule has 4 unspecified atom stereocenters. The van der Waals surface area contributed by atoms with Gasteiger partial charge in [0.25, 0.3) is 5.91 Å². The first-order chi connectivity index (χ1) is 24.4. The predicted octanol–water partition coefficient (Wildman–Crippen LogP) is 7.76.